The molecule has 29 heavy (non-hydrogen) atoms. The third-order valence-corrected chi connectivity index (χ3v) is 7.77. The predicted octanol–water partition coefficient (Wildman–Crippen LogP) is 2.88. The predicted molar refractivity (Wildman–Crippen MR) is 107 cm³/mol. The number of sulfone groups is 1. The quantitative estimate of drug-likeness (QED) is 0.778. The van der Waals surface area contributed by atoms with Crippen LogP contribution in [0.15, 0.2) is 47.4 Å². The minimum atomic E-state index is -3.43. The van der Waals surface area contributed by atoms with Crippen LogP contribution in [0.3, 0.4) is 0 Å². The first-order valence-corrected chi connectivity index (χ1v) is 11.0. The van der Waals surface area contributed by atoms with Gasteiger partial charge < -0.3 is 5.32 Å². The Morgan fingerprint density at radius 2 is 1.69 bits per heavy atom. The van der Waals surface area contributed by atoms with Crippen LogP contribution in [0.1, 0.15) is 56.8 Å². The summed E-state index contributed by atoms with van der Waals surface area (Å²) in [6, 6.07) is 10.5. The van der Waals surface area contributed by atoms with Gasteiger partial charge in [0.25, 0.3) is 17.7 Å². The largest absolute Gasteiger partial charge is 0.322 e. The minimum Gasteiger partial charge on any atom is -0.322 e. The lowest BCUT2D eigenvalue weighted by Crippen LogP contribution is -2.24. The molecular formula is C21H20N2O5S. The molecule has 4 rings (SSSR count). The SMILES string of the molecule is CN1C(=O)c2ccc(C(=O)Nc3cccc(S(=O)(=O)C4CCCC4)c3)cc2C1=O. The van der Waals surface area contributed by atoms with Crippen molar-refractivity contribution in [1.29, 1.82) is 0 Å². The summed E-state index contributed by atoms with van der Waals surface area (Å²) in [5, 5.41) is 2.31. The van der Waals surface area contributed by atoms with E-state index in [9.17, 15) is 22.8 Å². The summed E-state index contributed by atoms with van der Waals surface area (Å²) in [6.45, 7) is 0. The van der Waals surface area contributed by atoms with E-state index in [0.717, 1.165) is 17.7 Å². The van der Waals surface area contributed by atoms with Crippen LogP contribution in [0.5, 0.6) is 0 Å². The Hall–Kier alpha value is -3.00. The Morgan fingerprint density at radius 3 is 2.41 bits per heavy atom. The molecule has 7 nitrogen and oxygen atoms in total. The van der Waals surface area contributed by atoms with Gasteiger partial charge in [0.1, 0.15) is 0 Å². The van der Waals surface area contributed by atoms with Crippen molar-refractivity contribution in [3.05, 3.63) is 59.2 Å². The van der Waals surface area contributed by atoms with Crippen LogP contribution in [-0.2, 0) is 9.84 Å². The molecule has 150 valence electrons. The summed E-state index contributed by atoms with van der Waals surface area (Å²) < 4.78 is 25.6. The zero-order chi connectivity index (χ0) is 20.8. The van der Waals surface area contributed by atoms with Crippen molar-refractivity contribution in [1.82, 2.24) is 4.90 Å². The van der Waals surface area contributed by atoms with Gasteiger partial charge in [0.2, 0.25) is 0 Å². The van der Waals surface area contributed by atoms with E-state index in [0.29, 0.717) is 18.5 Å². The maximum Gasteiger partial charge on any atom is 0.261 e. The maximum atomic E-state index is 12.8. The van der Waals surface area contributed by atoms with Crippen molar-refractivity contribution in [3.63, 3.8) is 0 Å². The maximum absolute atomic E-state index is 12.8. The van der Waals surface area contributed by atoms with Gasteiger partial charge in [-0.25, -0.2) is 8.42 Å². The monoisotopic (exact) mass is 412 g/mol. The van der Waals surface area contributed by atoms with Crippen molar-refractivity contribution >= 4 is 33.2 Å². The van der Waals surface area contributed by atoms with E-state index in [1.807, 2.05) is 0 Å². The number of amides is 3. The number of hydrogen-bond acceptors (Lipinski definition) is 5. The molecule has 0 aromatic heterocycles. The highest BCUT2D eigenvalue weighted by Crippen LogP contribution is 2.30. The fraction of sp³-hybridized carbons (Fsp3) is 0.286. The lowest BCUT2D eigenvalue weighted by Gasteiger charge is -2.13. The number of benzene rings is 2. The number of nitrogens with one attached hydrogen (secondary N) is 1. The Kier molecular flexibility index (Phi) is 4.74. The molecule has 1 fully saturated rings. The highest BCUT2D eigenvalue weighted by Gasteiger charge is 2.33. The van der Waals surface area contributed by atoms with E-state index in [1.165, 1.54) is 31.3 Å². The van der Waals surface area contributed by atoms with Crippen LogP contribution in [-0.4, -0.2) is 43.3 Å². The Bertz CT molecular complexity index is 1130. The summed E-state index contributed by atoms with van der Waals surface area (Å²) in [6.07, 6.45) is 3.15. The van der Waals surface area contributed by atoms with Crippen molar-refractivity contribution < 1.29 is 22.8 Å². The number of hydrogen-bond donors (Lipinski definition) is 1. The first kappa shape index (κ1) is 19.3. The van der Waals surface area contributed by atoms with Gasteiger partial charge >= 0.3 is 0 Å². The van der Waals surface area contributed by atoms with E-state index in [2.05, 4.69) is 5.32 Å². The number of fused-ring (bicyclic) bond motifs is 1. The van der Waals surface area contributed by atoms with Gasteiger partial charge in [-0.3, -0.25) is 19.3 Å². The second-order valence-corrected chi connectivity index (χ2v) is 9.59. The molecule has 2 aromatic carbocycles. The summed E-state index contributed by atoms with van der Waals surface area (Å²) in [5.74, 6) is -1.34. The minimum absolute atomic E-state index is 0.183. The van der Waals surface area contributed by atoms with Crippen LogP contribution in [0, 0.1) is 0 Å². The first-order valence-electron chi connectivity index (χ1n) is 9.41. The molecule has 1 aliphatic heterocycles. The molecule has 1 saturated carbocycles. The molecule has 1 heterocycles. The van der Waals surface area contributed by atoms with E-state index >= 15 is 0 Å². The Labute approximate surface area is 168 Å². The van der Waals surface area contributed by atoms with Crippen LogP contribution in [0.2, 0.25) is 0 Å². The van der Waals surface area contributed by atoms with Crippen molar-refractivity contribution in [2.75, 3.05) is 12.4 Å². The third kappa shape index (κ3) is 3.33. The molecule has 0 saturated heterocycles. The fourth-order valence-electron chi connectivity index (χ4n) is 3.85. The summed E-state index contributed by atoms with van der Waals surface area (Å²) >= 11 is 0. The Morgan fingerprint density at radius 1 is 1.00 bits per heavy atom. The van der Waals surface area contributed by atoms with Crippen LogP contribution < -0.4 is 5.32 Å². The zero-order valence-corrected chi connectivity index (χ0v) is 16.7. The molecule has 0 unspecified atom stereocenters. The summed E-state index contributed by atoms with van der Waals surface area (Å²) in [7, 11) is -2.04. The number of carbonyl (C=O) groups is 3. The van der Waals surface area contributed by atoms with Crippen molar-refractivity contribution in [2.45, 2.75) is 35.8 Å². The zero-order valence-electron chi connectivity index (χ0n) is 15.8. The van der Waals surface area contributed by atoms with Crippen LogP contribution in [0.4, 0.5) is 5.69 Å². The lowest BCUT2D eigenvalue weighted by molar-refractivity contribution is 0.0693. The van der Waals surface area contributed by atoms with Crippen molar-refractivity contribution in [2.24, 2.45) is 0 Å². The molecule has 0 atom stereocenters. The second-order valence-electron chi connectivity index (χ2n) is 7.36. The summed E-state index contributed by atoms with van der Waals surface area (Å²) in [4.78, 5) is 37.9. The van der Waals surface area contributed by atoms with Crippen LogP contribution >= 0.6 is 0 Å². The number of rotatable bonds is 4. The lowest BCUT2D eigenvalue weighted by atomic mass is 10.1. The van der Waals surface area contributed by atoms with Crippen LogP contribution in [0.25, 0.3) is 0 Å². The average molecular weight is 412 g/mol. The van der Waals surface area contributed by atoms with E-state index in [1.54, 1.807) is 18.2 Å². The normalized spacial score (nSPS) is 16.9. The van der Waals surface area contributed by atoms with Crippen molar-refractivity contribution in [3.8, 4) is 0 Å². The fourth-order valence-corrected chi connectivity index (χ4v) is 5.75. The van der Waals surface area contributed by atoms with Gasteiger partial charge in [-0.05, 0) is 49.2 Å². The molecule has 0 radical (unpaired) electrons. The van der Waals surface area contributed by atoms with Gasteiger partial charge in [-0.1, -0.05) is 18.9 Å². The summed E-state index contributed by atoms with van der Waals surface area (Å²) in [5.41, 5.74) is 1.01. The molecule has 0 bridgehead atoms. The highest BCUT2D eigenvalue weighted by atomic mass is 32.2. The molecule has 2 aromatic rings. The molecular weight excluding hydrogens is 392 g/mol. The van der Waals surface area contributed by atoms with E-state index in [-0.39, 0.29) is 26.8 Å². The second kappa shape index (κ2) is 7.11. The highest BCUT2D eigenvalue weighted by molar-refractivity contribution is 7.92. The van der Waals surface area contributed by atoms with Gasteiger partial charge in [0.05, 0.1) is 21.3 Å². The van der Waals surface area contributed by atoms with Gasteiger partial charge in [-0.2, -0.15) is 0 Å². The topological polar surface area (TPSA) is 101 Å². The molecule has 0 spiro atoms. The van der Waals surface area contributed by atoms with Gasteiger partial charge in [0.15, 0.2) is 9.84 Å². The van der Waals surface area contributed by atoms with Gasteiger partial charge in [-0.15, -0.1) is 0 Å². The van der Waals surface area contributed by atoms with E-state index < -0.39 is 27.6 Å². The number of anilines is 1. The van der Waals surface area contributed by atoms with Gasteiger partial charge in [0, 0.05) is 18.3 Å². The molecule has 3 amide bonds. The molecule has 1 aliphatic carbocycles. The number of carbonyl (C=O) groups excluding carboxylic acids is 3. The first-order chi connectivity index (χ1) is 13.8. The molecule has 8 heteroatoms. The molecule has 1 N–H and O–H groups in total. The standard InChI is InChI=1S/C21H20N2O5S/c1-23-20(25)17-10-9-13(11-18(17)21(23)26)19(24)22-14-5-4-8-16(12-14)29(27,28)15-6-2-3-7-15/h4-5,8-12,15H,2-3,6-7H2,1H3,(H,22,24). The number of nitrogens with zero attached hydrogens (tertiary/aromatic N) is 1. The smallest absolute Gasteiger partial charge is 0.261 e. The average Bonchev–Trinajstić information content (AvgIpc) is 3.33. The van der Waals surface area contributed by atoms with E-state index in [4.69, 9.17) is 0 Å². The Balaban J connectivity index is 1.57. The third-order valence-electron chi connectivity index (χ3n) is 5.51. The number of imide groups is 1. The molecule has 2 aliphatic rings.